The molecule has 0 aliphatic heterocycles. The van der Waals surface area contributed by atoms with E-state index in [0.29, 0.717) is 0 Å². The molecule has 2 heteroatoms. The van der Waals surface area contributed by atoms with Gasteiger partial charge in [0.25, 0.3) is 0 Å². The lowest BCUT2D eigenvalue weighted by Gasteiger charge is -2.11. The number of nitrogens with two attached hydrogens (primary N) is 1. The molecule has 0 radical (unpaired) electrons. The van der Waals surface area contributed by atoms with Gasteiger partial charge in [-0.3, -0.25) is 0 Å². The number of hydrogen-bond donors (Lipinski definition) is 1. The third-order valence-electron chi connectivity index (χ3n) is 2.69. The van der Waals surface area contributed by atoms with Gasteiger partial charge < -0.3 is 10.5 Å². The van der Waals surface area contributed by atoms with E-state index in [4.69, 9.17) is 10.5 Å². The molecule has 0 aliphatic carbocycles. The monoisotopic (exact) mass is 221 g/mol. The Morgan fingerprint density at radius 1 is 1.25 bits per heavy atom. The van der Waals surface area contributed by atoms with Gasteiger partial charge in [-0.25, -0.2) is 0 Å². The molecule has 0 heterocycles. The molecular weight excluding hydrogens is 198 g/mol. The molecule has 2 nitrogen and oxygen atoms in total. The molecule has 0 fully saturated rings. The second-order valence-electron chi connectivity index (χ2n) is 4.29. The van der Waals surface area contributed by atoms with E-state index in [1.807, 2.05) is 6.92 Å². The van der Waals surface area contributed by atoms with Crippen molar-refractivity contribution in [3.8, 4) is 0 Å². The van der Waals surface area contributed by atoms with Gasteiger partial charge in [0.1, 0.15) is 0 Å². The van der Waals surface area contributed by atoms with E-state index in [1.54, 1.807) is 0 Å². The predicted octanol–water partition coefficient (Wildman–Crippen LogP) is 2.68. The standard InChI is InChI=1S/C14H23NO/c1-3-16-10-4-5-14(15)11-13-8-6-12(2)7-9-13/h6-9,14H,3-5,10-11,15H2,1-2H3. The van der Waals surface area contributed by atoms with Gasteiger partial charge >= 0.3 is 0 Å². The molecule has 1 aromatic rings. The van der Waals surface area contributed by atoms with Crippen molar-refractivity contribution in [1.82, 2.24) is 0 Å². The van der Waals surface area contributed by atoms with Crippen molar-refractivity contribution in [1.29, 1.82) is 0 Å². The van der Waals surface area contributed by atoms with Gasteiger partial charge in [-0.2, -0.15) is 0 Å². The Kier molecular flexibility index (Phi) is 6.12. The molecule has 16 heavy (non-hydrogen) atoms. The van der Waals surface area contributed by atoms with Crippen LogP contribution in [-0.2, 0) is 11.2 Å². The zero-order chi connectivity index (χ0) is 11.8. The van der Waals surface area contributed by atoms with E-state index in [1.165, 1.54) is 11.1 Å². The van der Waals surface area contributed by atoms with Crippen molar-refractivity contribution >= 4 is 0 Å². The Balaban J connectivity index is 2.23. The van der Waals surface area contributed by atoms with Crippen molar-refractivity contribution in [2.45, 2.75) is 39.2 Å². The summed E-state index contributed by atoms with van der Waals surface area (Å²) in [6.07, 6.45) is 3.06. The van der Waals surface area contributed by atoms with E-state index >= 15 is 0 Å². The highest BCUT2D eigenvalue weighted by molar-refractivity contribution is 5.21. The molecule has 1 unspecified atom stereocenters. The van der Waals surface area contributed by atoms with E-state index in [2.05, 4.69) is 31.2 Å². The molecule has 0 saturated heterocycles. The number of rotatable bonds is 7. The highest BCUT2D eigenvalue weighted by Crippen LogP contribution is 2.08. The minimum atomic E-state index is 0.253. The van der Waals surface area contributed by atoms with Crippen molar-refractivity contribution in [2.24, 2.45) is 5.73 Å². The van der Waals surface area contributed by atoms with Crippen LogP contribution in [0, 0.1) is 6.92 Å². The minimum absolute atomic E-state index is 0.253. The first-order valence-corrected chi connectivity index (χ1v) is 6.11. The Morgan fingerprint density at radius 3 is 2.56 bits per heavy atom. The lowest BCUT2D eigenvalue weighted by Crippen LogP contribution is -2.23. The maximum atomic E-state index is 6.07. The van der Waals surface area contributed by atoms with Crippen LogP contribution < -0.4 is 5.73 Å². The fourth-order valence-electron chi connectivity index (χ4n) is 1.72. The average molecular weight is 221 g/mol. The summed E-state index contributed by atoms with van der Waals surface area (Å²) in [7, 11) is 0. The summed E-state index contributed by atoms with van der Waals surface area (Å²) in [5, 5.41) is 0. The molecule has 1 rings (SSSR count). The third kappa shape index (κ3) is 5.29. The summed E-state index contributed by atoms with van der Waals surface area (Å²) in [6.45, 7) is 5.75. The quantitative estimate of drug-likeness (QED) is 0.718. The fourth-order valence-corrected chi connectivity index (χ4v) is 1.72. The van der Waals surface area contributed by atoms with E-state index in [-0.39, 0.29) is 6.04 Å². The Morgan fingerprint density at radius 2 is 1.94 bits per heavy atom. The van der Waals surface area contributed by atoms with E-state index in [9.17, 15) is 0 Å². The predicted molar refractivity (Wildman–Crippen MR) is 68.6 cm³/mol. The molecule has 0 saturated carbocycles. The molecule has 0 aromatic heterocycles. The summed E-state index contributed by atoms with van der Waals surface area (Å²) in [5.74, 6) is 0. The Labute approximate surface area is 98.8 Å². The zero-order valence-electron chi connectivity index (χ0n) is 10.4. The molecular formula is C14H23NO. The summed E-state index contributed by atoms with van der Waals surface area (Å²) in [6, 6.07) is 8.86. The highest BCUT2D eigenvalue weighted by atomic mass is 16.5. The SMILES string of the molecule is CCOCCCC(N)Cc1ccc(C)cc1. The van der Waals surface area contributed by atoms with Crippen LogP contribution in [-0.4, -0.2) is 19.3 Å². The number of benzene rings is 1. The van der Waals surface area contributed by atoms with Gasteiger partial charge in [0.2, 0.25) is 0 Å². The first-order valence-electron chi connectivity index (χ1n) is 6.11. The third-order valence-corrected chi connectivity index (χ3v) is 2.69. The first-order chi connectivity index (χ1) is 7.72. The minimum Gasteiger partial charge on any atom is -0.382 e. The van der Waals surface area contributed by atoms with Crippen molar-refractivity contribution < 1.29 is 4.74 Å². The van der Waals surface area contributed by atoms with Gasteiger partial charge in [-0.05, 0) is 38.7 Å². The van der Waals surface area contributed by atoms with Crippen molar-refractivity contribution in [2.75, 3.05) is 13.2 Å². The molecule has 0 spiro atoms. The second kappa shape index (κ2) is 7.42. The Hall–Kier alpha value is -0.860. The van der Waals surface area contributed by atoms with Crippen LogP contribution in [0.25, 0.3) is 0 Å². The van der Waals surface area contributed by atoms with Crippen LogP contribution in [0.5, 0.6) is 0 Å². The zero-order valence-corrected chi connectivity index (χ0v) is 10.4. The van der Waals surface area contributed by atoms with Crippen LogP contribution in [0.3, 0.4) is 0 Å². The Bertz CT molecular complexity index is 281. The van der Waals surface area contributed by atoms with E-state index in [0.717, 1.165) is 32.5 Å². The van der Waals surface area contributed by atoms with Gasteiger partial charge in [0.05, 0.1) is 0 Å². The fraction of sp³-hybridized carbons (Fsp3) is 0.571. The molecule has 90 valence electrons. The lowest BCUT2D eigenvalue weighted by molar-refractivity contribution is 0.142. The molecule has 1 aromatic carbocycles. The van der Waals surface area contributed by atoms with Gasteiger partial charge in [-0.15, -0.1) is 0 Å². The first kappa shape index (κ1) is 13.2. The van der Waals surface area contributed by atoms with Crippen molar-refractivity contribution in [3.05, 3.63) is 35.4 Å². The molecule has 1 atom stereocenters. The highest BCUT2D eigenvalue weighted by Gasteiger charge is 2.03. The summed E-state index contributed by atoms with van der Waals surface area (Å²) < 4.78 is 5.29. The molecule has 0 aliphatic rings. The molecule has 0 amide bonds. The van der Waals surface area contributed by atoms with Crippen LogP contribution in [0.1, 0.15) is 30.9 Å². The summed E-state index contributed by atoms with van der Waals surface area (Å²) in [4.78, 5) is 0. The van der Waals surface area contributed by atoms with Crippen LogP contribution in [0.2, 0.25) is 0 Å². The van der Waals surface area contributed by atoms with Crippen LogP contribution in [0.4, 0.5) is 0 Å². The van der Waals surface area contributed by atoms with Crippen LogP contribution >= 0.6 is 0 Å². The maximum Gasteiger partial charge on any atom is 0.0466 e. The molecule has 0 bridgehead atoms. The van der Waals surface area contributed by atoms with Crippen LogP contribution in [0.15, 0.2) is 24.3 Å². The number of hydrogen-bond acceptors (Lipinski definition) is 2. The summed E-state index contributed by atoms with van der Waals surface area (Å²) in [5.41, 5.74) is 8.70. The maximum absolute atomic E-state index is 6.07. The smallest absolute Gasteiger partial charge is 0.0466 e. The van der Waals surface area contributed by atoms with Gasteiger partial charge in [0.15, 0.2) is 0 Å². The van der Waals surface area contributed by atoms with Gasteiger partial charge in [-0.1, -0.05) is 29.8 Å². The largest absolute Gasteiger partial charge is 0.382 e. The van der Waals surface area contributed by atoms with E-state index < -0.39 is 0 Å². The average Bonchev–Trinajstić information content (AvgIpc) is 2.28. The normalized spacial score (nSPS) is 12.7. The molecule has 2 N–H and O–H groups in total. The summed E-state index contributed by atoms with van der Waals surface area (Å²) >= 11 is 0. The second-order valence-corrected chi connectivity index (χ2v) is 4.29. The topological polar surface area (TPSA) is 35.2 Å². The number of aryl methyl sites for hydroxylation is 1. The number of ether oxygens (including phenoxy) is 1. The van der Waals surface area contributed by atoms with Gasteiger partial charge in [0, 0.05) is 19.3 Å². The lowest BCUT2D eigenvalue weighted by atomic mass is 10.0. The van der Waals surface area contributed by atoms with Crippen molar-refractivity contribution in [3.63, 3.8) is 0 Å².